The topological polar surface area (TPSA) is 194 Å². The molecule has 0 radical (unpaired) electrons. The molecule has 0 spiro atoms. The highest BCUT2D eigenvalue weighted by Crippen LogP contribution is 2.55. The fourth-order valence-electron chi connectivity index (χ4n) is 9.94. The van der Waals surface area contributed by atoms with Crippen molar-refractivity contribution < 1.29 is 27.4 Å². The number of aryl methyl sites for hydroxylation is 1. The number of hydrogen-bond acceptors (Lipinski definition) is 11. The molecular weight excluding hydrogens is 904 g/mol. The van der Waals surface area contributed by atoms with Crippen LogP contribution < -0.4 is 34.7 Å². The molecule has 2 aliphatic rings. The molecule has 0 atom stereocenters. The van der Waals surface area contributed by atoms with Crippen molar-refractivity contribution >= 4 is 50.1 Å². The molecule has 2 fully saturated rings. The van der Waals surface area contributed by atoms with Gasteiger partial charge >= 0.3 is 0 Å². The highest BCUT2D eigenvalue weighted by Gasteiger charge is 2.64. The van der Waals surface area contributed by atoms with Gasteiger partial charge in [-0.25, -0.2) is 18.4 Å². The summed E-state index contributed by atoms with van der Waals surface area (Å²) in [7, 11) is -1.87. The molecule has 6 aromatic rings. The first-order chi connectivity index (χ1) is 32.5. The monoisotopic (exact) mass is 960 g/mol. The molecule has 1 aliphatic carbocycles. The van der Waals surface area contributed by atoms with Crippen molar-refractivity contribution in [2.24, 2.45) is 23.8 Å². The fourth-order valence-corrected chi connectivity index (χ4v) is 10.8. The van der Waals surface area contributed by atoms with Crippen molar-refractivity contribution in [3.8, 4) is 40.2 Å². The number of pyridine rings is 1. The molecule has 1 saturated heterocycles. The number of unbranched alkanes of at least 4 members (excludes halogenated alkanes) is 1. The zero-order chi connectivity index (χ0) is 48.4. The molecule has 3 aromatic carbocycles. The normalized spacial score (nSPS) is 17.8. The minimum absolute atomic E-state index is 0.0777. The van der Waals surface area contributed by atoms with E-state index < -0.39 is 20.9 Å². The lowest BCUT2D eigenvalue weighted by atomic mass is 9.49. The number of benzene rings is 3. The van der Waals surface area contributed by atoms with Gasteiger partial charge in [-0.3, -0.25) is 14.3 Å². The van der Waals surface area contributed by atoms with E-state index in [1.807, 2.05) is 30.3 Å². The summed E-state index contributed by atoms with van der Waals surface area (Å²) in [5.74, 6) is 3.17. The van der Waals surface area contributed by atoms with Crippen LogP contribution in [0.1, 0.15) is 82.6 Å². The second kappa shape index (κ2) is 19.6. The molecule has 8 rings (SSSR count). The number of H-pyrrole nitrogens is 1. The van der Waals surface area contributed by atoms with Crippen molar-refractivity contribution in [1.29, 1.82) is 5.26 Å². The van der Waals surface area contributed by atoms with Crippen LogP contribution in [-0.4, -0.2) is 71.4 Å². The van der Waals surface area contributed by atoms with Gasteiger partial charge in [-0.15, -0.1) is 0 Å². The Balaban J connectivity index is 0.795. The number of nitriles is 1. The number of sulfonamides is 1. The van der Waals surface area contributed by atoms with E-state index in [1.54, 1.807) is 75.2 Å². The molecule has 1 amide bonds. The van der Waals surface area contributed by atoms with Crippen LogP contribution >= 0.6 is 11.6 Å². The maximum absolute atomic E-state index is 13.5. The van der Waals surface area contributed by atoms with E-state index in [0.29, 0.717) is 85.3 Å². The highest BCUT2D eigenvalue weighted by atomic mass is 35.5. The van der Waals surface area contributed by atoms with E-state index in [2.05, 4.69) is 63.7 Å². The van der Waals surface area contributed by atoms with E-state index in [9.17, 15) is 23.3 Å². The zero-order valence-electron chi connectivity index (χ0n) is 39.1. The summed E-state index contributed by atoms with van der Waals surface area (Å²) in [6.07, 6.45) is 11.5. The van der Waals surface area contributed by atoms with Crippen LogP contribution in [0.5, 0.6) is 23.0 Å². The first-order valence-electron chi connectivity index (χ1n) is 22.9. The molecule has 17 heteroatoms. The van der Waals surface area contributed by atoms with Gasteiger partial charge in [0.2, 0.25) is 16.0 Å². The standard InChI is InChI=1S/C51H57ClN8O7S/c1-7-68(63,64)58-35-15-17-43(40(25-35)41-31-59(6)46(62)44-39(41)18-21-54-44)66-37-13-10-12-36(26-37)65-24-9-8-11-32-19-22-60(23-20-32)49-55-29-34(30-56-49)45(61)57-47-50(2,3)48(51(47,4)5)67-38-16-14-33(28-53)42(52)27-38/h10,12-18,21,25-27,29-32,47-48,54,58H,7-9,11,19-20,22-24H2,1-6H3,(H,57,61). The lowest BCUT2D eigenvalue weighted by Gasteiger charge is -2.63. The summed E-state index contributed by atoms with van der Waals surface area (Å²) >= 11 is 6.25. The van der Waals surface area contributed by atoms with Gasteiger partial charge in [0.15, 0.2) is 0 Å². The van der Waals surface area contributed by atoms with Crippen LogP contribution in [-0.2, 0) is 17.1 Å². The maximum atomic E-state index is 13.5. The van der Waals surface area contributed by atoms with Gasteiger partial charge in [-0.05, 0) is 87.1 Å². The fraction of sp³-hybridized carbons (Fsp3) is 0.392. The quantitative estimate of drug-likeness (QED) is 0.0738. The summed E-state index contributed by atoms with van der Waals surface area (Å²) in [6.45, 7) is 12.1. The third kappa shape index (κ3) is 10.1. The van der Waals surface area contributed by atoms with Gasteiger partial charge in [0.25, 0.3) is 11.5 Å². The Bertz CT molecular complexity index is 3010. The number of aromatic amines is 1. The predicted octanol–water partition coefficient (Wildman–Crippen LogP) is 9.48. The number of piperidine rings is 1. The lowest BCUT2D eigenvalue weighted by molar-refractivity contribution is -0.164. The Morgan fingerprint density at radius 2 is 1.69 bits per heavy atom. The first-order valence-corrected chi connectivity index (χ1v) is 25.0. The van der Waals surface area contributed by atoms with Crippen molar-refractivity contribution in [2.75, 3.05) is 35.1 Å². The number of carbonyl (C=O) groups excluding carboxylic acids is 1. The molecular formula is C51H57ClN8O7S. The Hall–Kier alpha value is -6.57. The molecule has 4 heterocycles. The van der Waals surface area contributed by atoms with E-state index >= 15 is 0 Å². The number of ether oxygens (including phenoxy) is 3. The number of hydrogen-bond donors (Lipinski definition) is 3. The number of nitrogens with zero attached hydrogens (tertiary/aromatic N) is 5. The molecule has 0 bridgehead atoms. The summed E-state index contributed by atoms with van der Waals surface area (Å²) < 4.78 is 48.0. The number of carbonyl (C=O) groups is 1. The number of nitrogens with one attached hydrogen (secondary N) is 3. The third-order valence-corrected chi connectivity index (χ3v) is 15.0. The van der Waals surface area contributed by atoms with Gasteiger partial charge in [0.1, 0.15) is 40.7 Å². The Morgan fingerprint density at radius 1 is 0.956 bits per heavy atom. The van der Waals surface area contributed by atoms with Crippen LogP contribution in [0.4, 0.5) is 11.6 Å². The Morgan fingerprint density at radius 3 is 2.40 bits per heavy atom. The van der Waals surface area contributed by atoms with E-state index in [1.165, 1.54) is 4.57 Å². The van der Waals surface area contributed by atoms with E-state index in [4.69, 9.17) is 25.8 Å². The van der Waals surface area contributed by atoms with E-state index in [0.717, 1.165) is 45.2 Å². The summed E-state index contributed by atoms with van der Waals surface area (Å²) in [5, 5.41) is 13.5. The van der Waals surface area contributed by atoms with Gasteiger partial charge in [-0.1, -0.05) is 51.8 Å². The van der Waals surface area contributed by atoms with Crippen molar-refractivity contribution in [2.45, 2.75) is 78.9 Å². The summed E-state index contributed by atoms with van der Waals surface area (Å²) in [5.41, 5.74) is 1.95. The number of rotatable bonds is 17. The van der Waals surface area contributed by atoms with Crippen molar-refractivity contribution in [3.63, 3.8) is 0 Å². The maximum Gasteiger partial charge on any atom is 0.274 e. The van der Waals surface area contributed by atoms with Crippen LogP contribution in [0.15, 0.2) is 96.3 Å². The van der Waals surface area contributed by atoms with Gasteiger partial charge in [0.05, 0.1) is 28.5 Å². The summed E-state index contributed by atoms with van der Waals surface area (Å²) in [4.78, 5) is 40.7. The van der Waals surface area contributed by atoms with E-state index in [-0.39, 0.29) is 29.4 Å². The minimum atomic E-state index is -3.54. The number of anilines is 2. The molecule has 3 N–H and O–H groups in total. The van der Waals surface area contributed by atoms with Crippen LogP contribution in [0, 0.1) is 28.1 Å². The average molecular weight is 962 g/mol. The molecule has 68 heavy (non-hydrogen) atoms. The first kappa shape index (κ1) is 47.9. The van der Waals surface area contributed by atoms with Crippen molar-refractivity contribution in [1.82, 2.24) is 24.8 Å². The number of amides is 1. The van der Waals surface area contributed by atoms with Crippen LogP contribution in [0.25, 0.3) is 22.0 Å². The summed E-state index contributed by atoms with van der Waals surface area (Å²) in [6, 6.07) is 21.3. The molecule has 1 saturated carbocycles. The molecule has 356 valence electrons. The third-order valence-electron chi connectivity index (χ3n) is 13.4. The highest BCUT2D eigenvalue weighted by molar-refractivity contribution is 7.92. The molecule has 3 aromatic heterocycles. The number of fused-ring (bicyclic) bond motifs is 1. The average Bonchev–Trinajstić information content (AvgIpc) is 3.82. The molecule has 1 aliphatic heterocycles. The second-order valence-electron chi connectivity index (χ2n) is 18.9. The SMILES string of the molecule is CCS(=O)(=O)Nc1ccc(Oc2cccc(OCCCCC3CCN(c4ncc(C(=O)NC5C(C)(C)C(Oc6ccc(C#N)c(Cl)c6)C5(C)C)cn4)CC3)c2)c(-c2cn(C)c(=O)c3[nH]ccc23)c1. The lowest BCUT2D eigenvalue weighted by Crippen LogP contribution is -2.74. The predicted molar refractivity (Wildman–Crippen MR) is 264 cm³/mol. The Kier molecular flexibility index (Phi) is 13.8. The van der Waals surface area contributed by atoms with Crippen LogP contribution in [0.2, 0.25) is 5.02 Å². The number of aromatic nitrogens is 4. The molecule has 15 nitrogen and oxygen atoms in total. The smallest absolute Gasteiger partial charge is 0.274 e. The van der Waals surface area contributed by atoms with Crippen LogP contribution in [0.3, 0.4) is 0 Å². The van der Waals surface area contributed by atoms with Crippen molar-refractivity contribution in [3.05, 3.63) is 118 Å². The zero-order valence-corrected chi connectivity index (χ0v) is 40.7. The molecule has 0 unspecified atom stereocenters. The Labute approximate surface area is 401 Å². The second-order valence-corrected chi connectivity index (χ2v) is 21.3. The van der Waals surface area contributed by atoms with Gasteiger partial charge in [0, 0.05) is 96.1 Å². The largest absolute Gasteiger partial charge is 0.493 e. The minimum Gasteiger partial charge on any atom is -0.493 e. The van der Waals surface area contributed by atoms with Gasteiger partial charge < -0.3 is 34.0 Å². The van der Waals surface area contributed by atoms with Gasteiger partial charge in [-0.2, -0.15) is 5.26 Å². The number of halogens is 1.